The Hall–Kier alpha value is -2.62. The third kappa shape index (κ3) is 4.69. The van der Waals surface area contributed by atoms with Gasteiger partial charge in [-0.15, -0.1) is 0 Å². The number of carbonyl (C=O) groups excluding carboxylic acids is 2. The lowest BCUT2D eigenvalue weighted by atomic mass is 10.0. The summed E-state index contributed by atoms with van der Waals surface area (Å²) >= 11 is 0. The maximum absolute atomic E-state index is 13.0. The van der Waals surface area contributed by atoms with E-state index < -0.39 is 0 Å². The van der Waals surface area contributed by atoms with Crippen molar-refractivity contribution in [2.45, 2.75) is 58.4 Å². The molecule has 4 heteroatoms. The van der Waals surface area contributed by atoms with Gasteiger partial charge in [0.25, 0.3) is 5.91 Å². The van der Waals surface area contributed by atoms with Gasteiger partial charge in [0.2, 0.25) is 5.91 Å². The topological polar surface area (TPSA) is 49.4 Å². The Kier molecular flexibility index (Phi) is 5.98. The summed E-state index contributed by atoms with van der Waals surface area (Å²) in [7, 11) is 0. The van der Waals surface area contributed by atoms with Crippen LogP contribution in [0.1, 0.15) is 65.6 Å². The third-order valence-corrected chi connectivity index (χ3v) is 6.33. The Morgan fingerprint density at radius 3 is 2.59 bits per heavy atom. The molecule has 4 rings (SSSR count). The number of nitrogens with one attached hydrogen (secondary N) is 1. The number of rotatable bonds is 6. The molecule has 0 spiro atoms. The number of amides is 2. The van der Waals surface area contributed by atoms with Crippen LogP contribution in [-0.4, -0.2) is 18.4 Å². The van der Waals surface area contributed by atoms with Crippen molar-refractivity contribution in [1.82, 2.24) is 5.32 Å². The molecule has 152 valence electrons. The van der Waals surface area contributed by atoms with Crippen LogP contribution in [0.5, 0.6) is 0 Å². The SMILES string of the molecule is Cc1ccc(C(=O)N2CCc3ccc(CNC(=O)CCC4CCCC4)cc32)cc1. The van der Waals surface area contributed by atoms with Crippen LogP contribution >= 0.6 is 0 Å². The largest absolute Gasteiger partial charge is 0.352 e. The normalized spacial score (nSPS) is 16.1. The monoisotopic (exact) mass is 390 g/mol. The van der Waals surface area contributed by atoms with E-state index in [0.717, 1.165) is 35.6 Å². The van der Waals surface area contributed by atoms with Crippen LogP contribution in [0.3, 0.4) is 0 Å². The van der Waals surface area contributed by atoms with E-state index in [2.05, 4.69) is 23.5 Å². The molecule has 1 aliphatic carbocycles. The van der Waals surface area contributed by atoms with Gasteiger partial charge in [-0.05, 0) is 55.0 Å². The number of anilines is 1. The first-order chi connectivity index (χ1) is 14.1. The average Bonchev–Trinajstić information content (AvgIpc) is 3.40. The molecule has 0 bridgehead atoms. The van der Waals surface area contributed by atoms with Crippen molar-refractivity contribution >= 4 is 17.5 Å². The fourth-order valence-electron chi connectivity index (χ4n) is 4.52. The van der Waals surface area contributed by atoms with Gasteiger partial charge >= 0.3 is 0 Å². The van der Waals surface area contributed by atoms with Gasteiger partial charge in [-0.2, -0.15) is 0 Å². The predicted octanol–water partition coefficient (Wildman–Crippen LogP) is 4.78. The van der Waals surface area contributed by atoms with Crippen LogP contribution in [0.4, 0.5) is 5.69 Å². The molecular formula is C25H30N2O2. The summed E-state index contributed by atoms with van der Waals surface area (Å²) < 4.78 is 0. The summed E-state index contributed by atoms with van der Waals surface area (Å²) in [6.07, 6.45) is 7.70. The molecule has 1 heterocycles. The zero-order chi connectivity index (χ0) is 20.2. The highest BCUT2D eigenvalue weighted by atomic mass is 16.2. The first-order valence-corrected chi connectivity index (χ1v) is 10.9. The molecule has 0 aromatic heterocycles. The molecule has 4 nitrogen and oxygen atoms in total. The van der Waals surface area contributed by atoms with Crippen LogP contribution in [0.2, 0.25) is 0 Å². The molecule has 1 fully saturated rings. The lowest BCUT2D eigenvalue weighted by molar-refractivity contribution is -0.121. The lowest BCUT2D eigenvalue weighted by Crippen LogP contribution is -2.29. The van der Waals surface area contributed by atoms with Gasteiger partial charge in [0.1, 0.15) is 0 Å². The maximum atomic E-state index is 13.0. The molecule has 2 amide bonds. The van der Waals surface area contributed by atoms with E-state index in [1.807, 2.05) is 36.1 Å². The lowest BCUT2D eigenvalue weighted by Gasteiger charge is -2.18. The van der Waals surface area contributed by atoms with Gasteiger partial charge in [0.05, 0.1) is 0 Å². The molecule has 0 unspecified atom stereocenters. The Balaban J connectivity index is 1.37. The van der Waals surface area contributed by atoms with E-state index >= 15 is 0 Å². The Labute approximate surface area is 173 Å². The molecule has 29 heavy (non-hydrogen) atoms. The van der Waals surface area contributed by atoms with Crippen LogP contribution < -0.4 is 10.2 Å². The molecule has 2 aromatic rings. The molecular weight excluding hydrogens is 360 g/mol. The van der Waals surface area contributed by atoms with E-state index in [9.17, 15) is 9.59 Å². The highest BCUT2D eigenvalue weighted by Crippen LogP contribution is 2.31. The van der Waals surface area contributed by atoms with Crippen molar-refractivity contribution in [2.75, 3.05) is 11.4 Å². The number of hydrogen-bond donors (Lipinski definition) is 1. The molecule has 1 aliphatic heterocycles. The standard InChI is InChI=1S/C25H30N2O2/c1-18-6-10-22(11-7-18)25(29)27-15-14-21-12-8-20(16-23(21)27)17-26-24(28)13-9-19-4-2-3-5-19/h6-8,10-12,16,19H,2-5,9,13-15,17H2,1H3,(H,26,28). The van der Waals surface area contributed by atoms with Gasteiger partial charge < -0.3 is 10.2 Å². The fraction of sp³-hybridized carbons (Fsp3) is 0.440. The molecule has 1 saturated carbocycles. The summed E-state index contributed by atoms with van der Waals surface area (Å²) in [6, 6.07) is 14.0. The van der Waals surface area contributed by atoms with E-state index in [1.54, 1.807) is 0 Å². The van der Waals surface area contributed by atoms with Crippen LogP contribution in [0, 0.1) is 12.8 Å². The van der Waals surface area contributed by atoms with E-state index in [4.69, 9.17) is 0 Å². The number of aryl methyl sites for hydroxylation is 1. The van der Waals surface area contributed by atoms with Crippen LogP contribution in [0.15, 0.2) is 42.5 Å². The summed E-state index contributed by atoms with van der Waals surface area (Å²) in [5.74, 6) is 0.911. The van der Waals surface area contributed by atoms with Crippen molar-refractivity contribution in [2.24, 2.45) is 5.92 Å². The second-order valence-electron chi connectivity index (χ2n) is 8.50. The van der Waals surface area contributed by atoms with Gasteiger partial charge in [-0.3, -0.25) is 9.59 Å². The smallest absolute Gasteiger partial charge is 0.258 e. The molecule has 1 N–H and O–H groups in total. The summed E-state index contributed by atoms with van der Waals surface area (Å²) in [6.45, 7) is 3.25. The summed E-state index contributed by atoms with van der Waals surface area (Å²) in [5.41, 5.74) is 5.08. The van der Waals surface area contributed by atoms with Crippen LogP contribution in [-0.2, 0) is 17.8 Å². The number of nitrogens with zero attached hydrogens (tertiary/aromatic N) is 1. The van der Waals surface area contributed by atoms with Crippen molar-refractivity contribution in [3.8, 4) is 0 Å². The Morgan fingerprint density at radius 1 is 1.07 bits per heavy atom. The average molecular weight is 391 g/mol. The quantitative estimate of drug-likeness (QED) is 0.771. The second kappa shape index (κ2) is 8.81. The summed E-state index contributed by atoms with van der Waals surface area (Å²) in [4.78, 5) is 27.0. The number of carbonyl (C=O) groups is 2. The third-order valence-electron chi connectivity index (χ3n) is 6.33. The number of fused-ring (bicyclic) bond motifs is 1. The number of benzene rings is 2. The zero-order valence-corrected chi connectivity index (χ0v) is 17.2. The van der Waals surface area contributed by atoms with E-state index in [-0.39, 0.29) is 11.8 Å². The molecule has 2 aromatic carbocycles. The Bertz CT molecular complexity index is 882. The van der Waals surface area contributed by atoms with E-state index in [1.165, 1.54) is 31.2 Å². The molecule has 2 aliphatic rings. The van der Waals surface area contributed by atoms with Gasteiger partial charge in [0, 0.05) is 30.8 Å². The van der Waals surface area contributed by atoms with Crippen LogP contribution in [0.25, 0.3) is 0 Å². The van der Waals surface area contributed by atoms with Gasteiger partial charge in [0.15, 0.2) is 0 Å². The molecule has 0 atom stereocenters. The highest BCUT2D eigenvalue weighted by molar-refractivity contribution is 6.07. The highest BCUT2D eigenvalue weighted by Gasteiger charge is 2.26. The van der Waals surface area contributed by atoms with Crippen molar-refractivity contribution in [1.29, 1.82) is 0 Å². The fourth-order valence-corrected chi connectivity index (χ4v) is 4.52. The summed E-state index contributed by atoms with van der Waals surface area (Å²) in [5, 5.41) is 3.05. The molecule has 0 radical (unpaired) electrons. The van der Waals surface area contributed by atoms with Gasteiger partial charge in [-0.1, -0.05) is 55.5 Å². The van der Waals surface area contributed by atoms with Gasteiger partial charge in [-0.25, -0.2) is 0 Å². The maximum Gasteiger partial charge on any atom is 0.258 e. The van der Waals surface area contributed by atoms with Crippen molar-refractivity contribution in [3.05, 3.63) is 64.7 Å². The minimum absolute atomic E-state index is 0.0431. The Morgan fingerprint density at radius 2 is 1.83 bits per heavy atom. The first kappa shape index (κ1) is 19.7. The number of hydrogen-bond acceptors (Lipinski definition) is 2. The molecule has 0 saturated heterocycles. The van der Waals surface area contributed by atoms with Crippen molar-refractivity contribution < 1.29 is 9.59 Å². The zero-order valence-electron chi connectivity index (χ0n) is 17.2. The minimum Gasteiger partial charge on any atom is -0.352 e. The second-order valence-corrected chi connectivity index (χ2v) is 8.50. The predicted molar refractivity (Wildman–Crippen MR) is 116 cm³/mol. The van der Waals surface area contributed by atoms with Crippen molar-refractivity contribution in [3.63, 3.8) is 0 Å². The first-order valence-electron chi connectivity index (χ1n) is 10.9. The minimum atomic E-state index is 0.0431. The van der Waals surface area contributed by atoms with E-state index in [0.29, 0.717) is 25.1 Å².